The van der Waals surface area contributed by atoms with Gasteiger partial charge in [0.05, 0.1) is 4.90 Å². The summed E-state index contributed by atoms with van der Waals surface area (Å²) < 4.78 is 33.1. The Kier molecular flexibility index (Phi) is 9.73. The van der Waals surface area contributed by atoms with Crippen LogP contribution in [0.4, 0.5) is 5.69 Å². The van der Waals surface area contributed by atoms with Crippen molar-refractivity contribution in [3.05, 3.63) is 54.1 Å². The first-order valence-corrected chi connectivity index (χ1v) is 11.7. The average Bonchev–Trinajstić information content (AvgIpc) is 2.61. The zero-order chi connectivity index (χ0) is 20.2. The van der Waals surface area contributed by atoms with Crippen molar-refractivity contribution in [3.63, 3.8) is 0 Å². The number of carbonyl (C=O) groups excluding carboxylic acids is 1. The van der Waals surface area contributed by atoms with Crippen molar-refractivity contribution in [2.75, 3.05) is 11.6 Å². The molecule has 28 heavy (non-hydrogen) atoms. The first-order valence-electron chi connectivity index (χ1n) is 8.18. The molecule has 5 nitrogen and oxygen atoms in total. The third-order valence-corrected chi connectivity index (χ3v) is 6.63. The second-order valence-electron chi connectivity index (χ2n) is 6.76. The van der Waals surface area contributed by atoms with E-state index in [1.54, 1.807) is 23.9 Å². The van der Waals surface area contributed by atoms with Crippen molar-refractivity contribution >= 4 is 49.4 Å². The van der Waals surface area contributed by atoms with Gasteiger partial charge in [0.25, 0.3) is 0 Å². The van der Waals surface area contributed by atoms with Crippen molar-refractivity contribution in [2.45, 2.75) is 34.9 Å². The summed E-state index contributed by atoms with van der Waals surface area (Å²) >= 11 is 5.19. The van der Waals surface area contributed by atoms with Crippen LogP contribution in [0, 0.1) is 5.41 Å². The van der Waals surface area contributed by atoms with Crippen LogP contribution in [-0.4, -0.2) is 25.1 Å². The number of nitrogens with one attached hydrogen (secondary N) is 1. The maximum absolute atomic E-state index is 12.7. The summed E-state index contributed by atoms with van der Waals surface area (Å²) in [6.45, 7) is 3.70. The smallest absolute Gasteiger partial charge is 0.744 e. The number of rotatable bonds is 7. The third-order valence-electron chi connectivity index (χ3n) is 4.18. The second-order valence-corrected chi connectivity index (χ2v) is 10.1. The summed E-state index contributed by atoms with van der Waals surface area (Å²) in [6.07, 6.45) is 2.48. The van der Waals surface area contributed by atoms with E-state index in [9.17, 15) is 17.8 Å². The van der Waals surface area contributed by atoms with E-state index in [1.165, 1.54) is 12.1 Å². The van der Waals surface area contributed by atoms with E-state index in [1.807, 2.05) is 44.4 Å². The molecule has 0 fully saturated rings. The van der Waals surface area contributed by atoms with Crippen LogP contribution in [-0.2, 0) is 14.9 Å². The summed E-state index contributed by atoms with van der Waals surface area (Å²) in [5.74, 6) is -0.109. The van der Waals surface area contributed by atoms with Crippen LogP contribution in [0.2, 0.25) is 0 Å². The second kappa shape index (κ2) is 10.6. The Balaban J connectivity index is 0.00000392. The van der Waals surface area contributed by atoms with Crippen LogP contribution in [0.5, 0.6) is 0 Å². The van der Waals surface area contributed by atoms with Crippen LogP contribution in [0.25, 0.3) is 0 Å². The Morgan fingerprint density at radius 3 is 2.14 bits per heavy atom. The van der Waals surface area contributed by atoms with E-state index < -0.39 is 15.5 Å². The van der Waals surface area contributed by atoms with Gasteiger partial charge >= 0.3 is 29.6 Å². The maximum Gasteiger partial charge on any atom is 1.00 e. The van der Waals surface area contributed by atoms with Crippen molar-refractivity contribution in [1.82, 2.24) is 0 Å². The van der Waals surface area contributed by atoms with Crippen LogP contribution >= 0.6 is 27.7 Å². The predicted octanol–water partition coefficient (Wildman–Crippen LogP) is 1.81. The predicted molar refractivity (Wildman–Crippen MR) is 111 cm³/mol. The number of halogens is 1. The number of hydrogen-bond acceptors (Lipinski definition) is 5. The minimum atomic E-state index is -4.46. The summed E-state index contributed by atoms with van der Waals surface area (Å²) in [6, 6.07) is 13.4. The number of carbonyl (C=O) groups is 1. The minimum absolute atomic E-state index is 0. The van der Waals surface area contributed by atoms with Crippen molar-refractivity contribution < 1.29 is 47.3 Å². The molecule has 9 heteroatoms. The van der Waals surface area contributed by atoms with Crippen LogP contribution in [0.15, 0.2) is 58.3 Å². The molecule has 146 valence electrons. The zero-order valence-corrected chi connectivity index (χ0v) is 21.4. The molecule has 0 saturated heterocycles. The third kappa shape index (κ3) is 7.16. The van der Waals surface area contributed by atoms with Gasteiger partial charge in [0.15, 0.2) is 0 Å². The van der Waals surface area contributed by atoms with Gasteiger partial charge in [0, 0.05) is 20.8 Å². The van der Waals surface area contributed by atoms with Gasteiger partial charge in [-0.1, -0.05) is 41.9 Å². The van der Waals surface area contributed by atoms with Gasteiger partial charge in [0.2, 0.25) is 5.91 Å². The number of hydrogen-bond donors (Lipinski definition) is 1. The number of alkyl halides is 1. The Hall–Kier alpha value is -0.350. The van der Waals surface area contributed by atoms with E-state index in [2.05, 4.69) is 21.2 Å². The number of thioether (sulfide) groups is 1. The first-order chi connectivity index (χ1) is 12.5. The normalized spacial score (nSPS) is 12.8. The topological polar surface area (TPSA) is 86.3 Å². The van der Waals surface area contributed by atoms with Crippen molar-refractivity contribution in [1.29, 1.82) is 0 Å². The molecule has 2 aromatic rings. The summed E-state index contributed by atoms with van der Waals surface area (Å²) in [4.78, 5) is 13.4. The summed E-state index contributed by atoms with van der Waals surface area (Å²) in [5, 5.41) is 2.93. The molecule has 0 aliphatic heterocycles. The van der Waals surface area contributed by atoms with Gasteiger partial charge in [0.1, 0.15) is 10.1 Å². The monoisotopic (exact) mass is 493 g/mol. The molecule has 1 atom stereocenters. The van der Waals surface area contributed by atoms with Gasteiger partial charge in [-0.25, -0.2) is 8.42 Å². The zero-order valence-electron chi connectivity index (χ0n) is 16.2. The standard InChI is InChI=1S/C19H22BrNO4S2.Na/c1-19(2,18(22)21-14-6-8-15(26-3)9-7-14)12-17(20)13-4-10-16(11-5-13)27(23,24)25;/h4-11,17H,12H2,1-3H3,(H,21,22)(H,23,24,25);/q;+1/p-1. The van der Waals surface area contributed by atoms with Crippen LogP contribution < -0.4 is 34.9 Å². The van der Waals surface area contributed by atoms with E-state index in [4.69, 9.17) is 0 Å². The van der Waals surface area contributed by atoms with Gasteiger partial charge in [-0.05, 0) is 54.6 Å². The largest absolute Gasteiger partial charge is 1.00 e. The molecule has 0 radical (unpaired) electrons. The van der Waals surface area contributed by atoms with Gasteiger partial charge in [-0.2, -0.15) is 0 Å². The van der Waals surface area contributed by atoms with Gasteiger partial charge < -0.3 is 9.87 Å². The first kappa shape index (κ1) is 25.7. The van der Waals surface area contributed by atoms with E-state index in [0.29, 0.717) is 6.42 Å². The van der Waals surface area contributed by atoms with Crippen LogP contribution in [0.3, 0.4) is 0 Å². The summed E-state index contributed by atoms with van der Waals surface area (Å²) in [5.41, 5.74) is 0.866. The summed E-state index contributed by atoms with van der Waals surface area (Å²) in [7, 11) is -4.46. The Morgan fingerprint density at radius 2 is 1.68 bits per heavy atom. The molecule has 0 aliphatic carbocycles. The van der Waals surface area contributed by atoms with Crippen molar-refractivity contribution in [3.8, 4) is 0 Å². The molecular weight excluding hydrogens is 473 g/mol. The molecule has 0 aromatic heterocycles. The van der Waals surface area contributed by atoms with Gasteiger partial charge in [-0.15, -0.1) is 11.8 Å². The Labute approximate surface area is 201 Å². The maximum atomic E-state index is 12.7. The molecule has 2 rings (SSSR count). The number of amides is 1. The molecule has 1 amide bonds. The van der Waals surface area contributed by atoms with Crippen LogP contribution in [0.1, 0.15) is 30.7 Å². The molecule has 0 aliphatic rings. The van der Waals surface area contributed by atoms with Crippen molar-refractivity contribution in [2.24, 2.45) is 5.41 Å². The Bertz CT molecular complexity index is 901. The quantitative estimate of drug-likeness (QED) is 0.275. The molecule has 0 bridgehead atoms. The fourth-order valence-corrected chi connectivity index (χ4v) is 4.47. The van der Waals surface area contributed by atoms with E-state index in [0.717, 1.165) is 16.1 Å². The Morgan fingerprint density at radius 1 is 1.14 bits per heavy atom. The average molecular weight is 494 g/mol. The fraction of sp³-hybridized carbons (Fsp3) is 0.316. The molecule has 0 saturated carbocycles. The molecule has 0 spiro atoms. The van der Waals surface area contributed by atoms with E-state index in [-0.39, 0.29) is 45.2 Å². The number of benzene rings is 2. The van der Waals surface area contributed by atoms with Gasteiger partial charge in [-0.3, -0.25) is 4.79 Å². The molecule has 1 N–H and O–H groups in total. The fourth-order valence-electron chi connectivity index (χ4n) is 2.48. The molecule has 2 aromatic carbocycles. The SMILES string of the molecule is CSc1ccc(NC(=O)C(C)(C)CC(Br)c2ccc(S(=O)(=O)[O-])cc2)cc1.[Na+]. The molecule has 1 unspecified atom stereocenters. The molecular formula is C19H21BrNNaO4S2. The number of anilines is 1. The minimum Gasteiger partial charge on any atom is -0.744 e. The van der Waals surface area contributed by atoms with E-state index >= 15 is 0 Å². The molecule has 0 heterocycles.